The summed E-state index contributed by atoms with van der Waals surface area (Å²) in [4.78, 5) is 15.4. The summed E-state index contributed by atoms with van der Waals surface area (Å²) >= 11 is 0. The van der Waals surface area contributed by atoms with Crippen LogP contribution in [-0.4, -0.2) is 49.3 Å². The van der Waals surface area contributed by atoms with Gasteiger partial charge in [-0.25, -0.2) is 4.79 Å². The number of rotatable bonds is 5. The van der Waals surface area contributed by atoms with Gasteiger partial charge in [0.15, 0.2) is 0 Å². The van der Waals surface area contributed by atoms with E-state index in [-0.39, 0.29) is 12.6 Å². The van der Waals surface area contributed by atoms with Gasteiger partial charge in [-0.05, 0) is 31.5 Å². The first-order valence-electron chi connectivity index (χ1n) is 6.66. The van der Waals surface area contributed by atoms with Crippen LogP contribution in [0.2, 0.25) is 0 Å². The highest BCUT2D eigenvalue weighted by molar-refractivity contribution is 5.74. The zero-order valence-electron chi connectivity index (χ0n) is 13.0. The molecule has 112 valence electrons. The number of nitrogens with one attached hydrogen (secondary N) is 1. The molecule has 1 aromatic carbocycles. The Kier molecular flexibility index (Phi) is 5.39. The van der Waals surface area contributed by atoms with E-state index in [2.05, 4.69) is 5.32 Å². The van der Waals surface area contributed by atoms with E-state index in [0.717, 1.165) is 11.3 Å². The van der Waals surface area contributed by atoms with E-state index >= 15 is 0 Å². The van der Waals surface area contributed by atoms with E-state index in [9.17, 15) is 9.90 Å². The van der Waals surface area contributed by atoms with Crippen molar-refractivity contribution in [3.63, 3.8) is 0 Å². The van der Waals surface area contributed by atoms with Crippen LogP contribution < -0.4 is 10.2 Å². The van der Waals surface area contributed by atoms with E-state index in [1.807, 2.05) is 43.3 Å². The molecule has 5 heteroatoms. The van der Waals surface area contributed by atoms with Gasteiger partial charge in [0.1, 0.15) is 0 Å². The van der Waals surface area contributed by atoms with Crippen molar-refractivity contribution in [3.05, 3.63) is 29.8 Å². The average molecular weight is 279 g/mol. The van der Waals surface area contributed by atoms with Crippen LogP contribution in [0.25, 0.3) is 0 Å². The largest absolute Gasteiger partial charge is 0.389 e. The zero-order valence-corrected chi connectivity index (χ0v) is 13.0. The summed E-state index contributed by atoms with van der Waals surface area (Å²) in [5, 5.41) is 12.5. The number of likely N-dealkylation sites (N-methyl/N-ethyl adjacent to an activating group) is 1. The molecule has 0 aliphatic heterocycles. The minimum atomic E-state index is -0.892. The summed E-state index contributed by atoms with van der Waals surface area (Å²) in [7, 11) is 5.63. The third-order valence-electron chi connectivity index (χ3n) is 2.84. The maximum atomic E-state index is 11.9. The molecule has 0 bridgehead atoms. The first-order valence-corrected chi connectivity index (χ1v) is 6.66. The second-order valence-electron chi connectivity index (χ2n) is 5.89. The van der Waals surface area contributed by atoms with Crippen molar-refractivity contribution in [3.8, 4) is 0 Å². The van der Waals surface area contributed by atoms with Gasteiger partial charge in [0, 0.05) is 33.4 Å². The first-order chi connectivity index (χ1) is 9.19. The van der Waals surface area contributed by atoms with Gasteiger partial charge in [-0.15, -0.1) is 0 Å². The number of aliphatic hydroxyl groups is 1. The third kappa shape index (κ3) is 5.48. The Hall–Kier alpha value is -1.75. The van der Waals surface area contributed by atoms with Gasteiger partial charge in [0.05, 0.1) is 12.1 Å². The van der Waals surface area contributed by atoms with Crippen LogP contribution in [0.3, 0.4) is 0 Å². The molecule has 0 fully saturated rings. The molecule has 5 nitrogen and oxygen atoms in total. The lowest BCUT2D eigenvalue weighted by atomic mass is 10.1. The molecule has 0 aliphatic carbocycles. The lowest BCUT2D eigenvalue weighted by Crippen LogP contribution is -2.44. The molecule has 0 spiro atoms. The second-order valence-corrected chi connectivity index (χ2v) is 5.89. The summed E-state index contributed by atoms with van der Waals surface area (Å²) in [5.74, 6) is 0. The predicted octanol–water partition coefficient (Wildman–Crippen LogP) is 1.66. The Morgan fingerprint density at radius 2 is 1.95 bits per heavy atom. The SMILES string of the molecule is CN(CC(C)(C)O)C(=O)NCc1cccc(N(C)C)c1. The monoisotopic (exact) mass is 279 g/mol. The summed E-state index contributed by atoms with van der Waals surface area (Å²) in [6.45, 7) is 4.11. The quantitative estimate of drug-likeness (QED) is 0.862. The van der Waals surface area contributed by atoms with E-state index < -0.39 is 5.60 Å². The number of hydrogen-bond donors (Lipinski definition) is 2. The number of carbonyl (C=O) groups is 1. The number of hydrogen-bond acceptors (Lipinski definition) is 3. The highest BCUT2D eigenvalue weighted by Crippen LogP contribution is 2.13. The fourth-order valence-corrected chi connectivity index (χ4v) is 1.91. The van der Waals surface area contributed by atoms with Crippen LogP contribution in [0.1, 0.15) is 19.4 Å². The van der Waals surface area contributed by atoms with Crippen LogP contribution in [0, 0.1) is 0 Å². The molecule has 1 rings (SSSR count). The minimum Gasteiger partial charge on any atom is -0.389 e. The zero-order chi connectivity index (χ0) is 15.3. The van der Waals surface area contributed by atoms with Gasteiger partial charge in [0.2, 0.25) is 0 Å². The van der Waals surface area contributed by atoms with Gasteiger partial charge in [-0.3, -0.25) is 0 Å². The Morgan fingerprint density at radius 3 is 2.50 bits per heavy atom. The predicted molar refractivity (Wildman–Crippen MR) is 81.9 cm³/mol. The second kappa shape index (κ2) is 6.61. The third-order valence-corrected chi connectivity index (χ3v) is 2.84. The van der Waals surface area contributed by atoms with Crippen LogP contribution in [0.15, 0.2) is 24.3 Å². The molecule has 0 radical (unpaired) electrons. The summed E-state index contributed by atoms with van der Waals surface area (Å²) < 4.78 is 0. The molecule has 0 aromatic heterocycles. The lowest BCUT2D eigenvalue weighted by molar-refractivity contribution is 0.0531. The van der Waals surface area contributed by atoms with Crippen molar-refractivity contribution in [1.29, 1.82) is 0 Å². The maximum Gasteiger partial charge on any atom is 0.317 e. The molecule has 0 unspecified atom stereocenters. The smallest absolute Gasteiger partial charge is 0.317 e. The maximum absolute atomic E-state index is 11.9. The van der Waals surface area contributed by atoms with E-state index in [0.29, 0.717) is 6.54 Å². The van der Waals surface area contributed by atoms with Crippen molar-refractivity contribution in [2.45, 2.75) is 26.0 Å². The molecule has 2 amide bonds. The minimum absolute atomic E-state index is 0.192. The molecule has 2 N–H and O–H groups in total. The van der Waals surface area contributed by atoms with Gasteiger partial charge < -0.3 is 20.2 Å². The lowest BCUT2D eigenvalue weighted by Gasteiger charge is -2.25. The standard InChI is InChI=1S/C15H25N3O2/c1-15(2,20)11-18(5)14(19)16-10-12-7-6-8-13(9-12)17(3)4/h6-9,20H,10-11H2,1-5H3,(H,16,19). The highest BCUT2D eigenvalue weighted by atomic mass is 16.3. The fourth-order valence-electron chi connectivity index (χ4n) is 1.91. The Balaban J connectivity index is 2.54. The fraction of sp³-hybridized carbons (Fsp3) is 0.533. The van der Waals surface area contributed by atoms with Crippen molar-refractivity contribution in [1.82, 2.24) is 10.2 Å². The Bertz CT molecular complexity index is 453. The summed E-state index contributed by atoms with van der Waals surface area (Å²) in [5.41, 5.74) is 1.25. The topological polar surface area (TPSA) is 55.8 Å². The number of urea groups is 1. The molecular weight excluding hydrogens is 254 g/mol. The summed E-state index contributed by atoms with van der Waals surface area (Å²) in [6, 6.07) is 7.81. The van der Waals surface area contributed by atoms with Crippen LogP contribution >= 0.6 is 0 Å². The van der Waals surface area contributed by atoms with Crippen LogP contribution in [0.4, 0.5) is 10.5 Å². The molecule has 0 heterocycles. The average Bonchev–Trinajstić information content (AvgIpc) is 2.34. The van der Waals surface area contributed by atoms with Crippen molar-refractivity contribution in [2.75, 3.05) is 32.6 Å². The molecule has 0 aliphatic rings. The number of carbonyl (C=O) groups excluding carboxylic acids is 1. The Morgan fingerprint density at radius 1 is 1.30 bits per heavy atom. The van der Waals surface area contributed by atoms with Gasteiger partial charge in [-0.1, -0.05) is 12.1 Å². The van der Waals surface area contributed by atoms with Crippen LogP contribution in [0.5, 0.6) is 0 Å². The van der Waals surface area contributed by atoms with Crippen molar-refractivity contribution < 1.29 is 9.90 Å². The van der Waals surface area contributed by atoms with Crippen molar-refractivity contribution >= 4 is 11.7 Å². The molecule has 20 heavy (non-hydrogen) atoms. The van der Waals surface area contributed by atoms with Crippen molar-refractivity contribution in [2.24, 2.45) is 0 Å². The van der Waals surface area contributed by atoms with Gasteiger partial charge in [-0.2, -0.15) is 0 Å². The molecule has 0 saturated carbocycles. The normalized spacial score (nSPS) is 11.1. The molecule has 1 aromatic rings. The number of nitrogens with zero attached hydrogens (tertiary/aromatic N) is 2. The molecule has 0 saturated heterocycles. The van der Waals surface area contributed by atoms with E-state index in [1.165, 1.54) is 4.90 Å². The van der Waals surface area contributed by atoms with Gasteiger partial charge >= 0.3 is 6.03 Å². The number of anilines is 1. The van der Waals surface area contributed by atoms with Gasteiger partial charge in [0.25, 0.3) is 0 Å². The molecular formula is C15H25N3O2. The van der Waals surface area contributed by atoms with Crippen LogP contribution in [-0.2, 0) is 6.54 Å². The Labute approximate surface area is 121 Å². The van der Waals surface area contributed by atoms with E-state index in [4.69, 9.17) is 0 Å². The molecule has 0 atom stereocenters. The highest BCUT2D eigenvalue weighted by Gasteiger charge is 2.18. The number of amides is 2. The number of benzene rings is 1. The van der Waals surface area contributed by atoms with E-state index in [1.54, 1.807) is 20.9 Å². The first kappa shape index (κ1) is 16.3. The summed E-state index contributed by atoms with van der Waals surface area (Å²) in [6.07, 6.45) is 0.